The number of hydrogen-bond donors (Lipinski definition) is 0. The summed E-state index contributed by atoms with van der Waals surface area (Å²) in [5.74, 6) is 1.23. The van der Waals surface area contributed by atoms with Gasteiger partial charge in [0.15, 0.2) is 11.5 Å². The van der Waals surface area contributed by atoms with Crippen LogP contribution >= 0.6 is 11.8 Å². The first-order chi connectivity index (χ1) is 11.2. The van der Waals surface area contributed by atoms with Crippen molar-refractivity contribution in [1.29, 1.82) is 0 Å². The first kappa shape index (κ1) is 14.1. The largest absolute Gasteiger partial charge is 0.454 e. The Bertz CT molecular complexity index is 853. The molecule has 2 aromatic carbocycles. The number of aliphatic imine (C=N–C) groups is 1. The molecule has 0 saturated heterocycles. The van der Waals surface area contributed by atoms with Crippen LogP contribution in [0.25, 0.3) is 6.08 Å². The molecule has 4 nitrogen and oxygen atoms in total. The quantitative estimate of drug-likeness (QED) is 0.789. The normalized spacial score (nSPS) is 17.7. The molecular weight excluding hydrogens is 310 g/mol. The molecule has 1 amide bonds. The topological polar surface area (TPSA) is 47.9 Å². The summed E-state index contributed by atoms with van der Waals surface area (Å²) >= 11 is 1.40. The lowest BCUT2D eigenvalue weighted by molar-refractivity contribution is -0.113. The molecule has 0 aliphatic carbocycles. The van der Waals surface area contributed by atoms with Crippen LogP contribution in [-0.4, -0.2) is 17.7 Å². The Labute approximate surface area is 137 Å². The number of benzene rings is 2. The van der Waals surface area contributed by atoms with Gasteiger partial charge in [-0.2, -0.15) is 0 Å². The van der Waals surface area contributed by atoms with Crippen LogP contribution in [0.1, 0.15) is 16.7 Å². The predicted octanol–water partition coefficient (Wildman–Crippen LogP) is 3.78. The summed E-state index contributed by atoms with van der Waals surface area (Å²) < 4.78 is 10.7. The van der Waals surface area contributed by atoms with E-state index in [0.717, 1.165) is 21.9 Å². The summed E-state index contributed by atoms with van der Waals surface area (Å²) in [6.45, 7) is 2.27. The number of hydrogen-bond acceptors (Lipinski definition) is 4. The fraction of sp³-hybridized carbons (Fsp3) is 0.111. The van der Waals surface area contributed by atoms with Gasteiger partial charge in [-0.05, 0) is 30.7 Å². The van der Waals surface area contributed by atoms with Gasteiger partial charge in [0, 0.05) is 5.56 Å². The number of ether oxygens (including phenoxy) is 2. The van der Waals surface area contributed by atoms with Crippen molar-refractivity contribution in [3.63, 3.8) is 0 Å². The molecule has 5 heteroatoms. The van der Waals surface area contributed by atoms with Crippen LogP contribution in [0.5, 0.6) is 11.5 Å². The van der Waals surface area contributed by atoms with Gasteiger partial charge in [-0.1, -0.05) is 47.7 Å². The average molecular weight is 323 g/mol. The molecular formula is C18H13NO3S. The third kappa shape index (κ3) is 2.75. The zero-order chi connectivity index (χ0) is 15.8. The monoisotopic (exact) mass is 323 g/mol. The van der Waals surface area contributed by atoms with E-state index in [1.54, 1.807) is 0 Å². The van der Waals surface area contributed by atoms with Gasteiger partial charge in [-0.3, -0.25) is 4.79 Å². The van der Waals surface area contributed by atoms with Gasteiger partial charge in [0.2, 0.25) is 6.79 Å². The highest BCUT2D eigenvalue weighted by Gasteiger charge is 2.23. The van der Waals surface area contributed by atoms with E-state index in [0.29, 0.717) is 10.7 Å². The molecule has 0 saturated carbocycles. The van der Waals surface area contributed by atoms with Crippen LogP contribution in [0.15, 0.2) is 52.4 Å². The molecule has 2 aliphatic heterocycles. The van der Waals surface area contributed by atoms with E-state index in [1.807, 2.05) is 55.5 Å². The molecule has 0 fully saturated rings. The molecule has 0 atom stereocenters. The minimum Gasteiger partial charge on any atom is -0.454 e. The van der Waals surface area contributed by atoms with Crippen molar-refractivity contribution >= 4 is 28.8 Å². The maximum Gasteiger partial charge on any atom is 0.284 e. The Hall–Kier alpha value is -2.53. The van der Waals surface area contributed by atoms with E-state index in [9.17, 15) is 4.79 Å². The van der Waals surface area contributed by atoms with Gasteiger partial charge in [-0.15, -0.1) is 0 Å². The molecule has 4 rings (SSSR count). The lowest BCUT2D eigenvalue weighted by Gasteiger charge is -2.01. The minimum atomic E-state index is -0.205. The average Bonchev–Trinajstić information content (AvgIpc) is 3.15. The van der Waals surface area contributed by atoms with Crippen molar-refractivity contribution in [3.05, 3.63) is 64.1 Å². The van der Waals surface area contributed by atoms with Crippen molar-refractivity contribution in [2.24, 2.45) is 4.99 Å². The highest BCUT2D eigenvalue weighted by atomic mass is 32.2. The van der Waals surface area contributed by atoms with E-state index in [-0.39, 0.29) is 12.7 Å². The second-order valence-electron chi connectivity index (χ2n) is 5.31. The number of carbonyl (C=O) groups is 1. The van der Waals surface area contributed by atoms with E-state index < -0.39 is 0 Å². The van der Waals surface area contributed by atoms with Gasteiger partial charge in [-0.25, -0.2) is 4.99 Å². The van der Waals surface area contributed by atoms with Crippen molar-refractivity contribution < 1.29 is 14.3 Å². The van der Waals surface area contributed by atoms with E-state index >= 15 is 0 Å². The fourth-order valence-electron chi connectivity index (χ4n) is 2.38. The van der Waals surface area contributed by atoms with Crippen LogP contribution in [0.2, 0.25) is 0 Å². The van der Waals surface area contributed by atoms with E-state index in [4.69, 9.17) is 9.47 Å². The van der Waals surface area contributed by atoms with E-state index in [1.165, 1.54) is 17.3 Å². The number of carbonyl (C=O) groups excluding carboxylic acids is 1. The fourth-order valence-corrected chi connectivity index (χ4v) is 3.30. The van der Waals surface area contributed by atoms with Gasteiger partial charge in [0.25, 0.3) is 5.91 Å². The molecule has 114 valence electrons. The molecule has 23 heavy (non-hydrogen) atoms. The van der Waals surface area contributed by atoms with Gasteiger partial charge < -0.3 is 9.47 Å². The molecule has 0 N–H and O–H groups in total. The van der Waals surface area contributed by atoms with Crippen molar-refractivity contribution in [3.8, 4) is 11.5 Å². The van der Waals surface area contributed by atoms with Crippen molar-refractivity contribution in [2.45, 2.75) is 6.92 Å². The second kappa shape index (κ2) is 5.59. The van der Waals surface area contributed by atoms with Gasteiger partial charge >= 0.3 is 0 Å². The third-order valence-corrected chi connectivity index (χ3v) is 4.65. The maximum atomic E-state index is 12.1. The van der Waals surface area contributed by atoms with Crippen LogP contribution in [-0.2, 0) is 4.79 Å². The first-order valence-corrected chi connectivity index (χ1v) is 8.00. The molecule has 0 bridgehead atoms. The summed E-state index contributed by atoms with van der Waals surface area (Å²) in [5, 5.41) is 0.738. The third-order valence-electron chi connectivity index (χ3n) is 3.61. The molecule has 0 radical (unpaired) electrons. The zero-order valence-corrected chi connectivity index (χ0v) is 13.2. The van der Waals surface area contributed by atoms with E-state index in [2.05, 4.69) is 4.99 Å². The molecule has 2 aromatic rings. The number of rotatable bonds is 2. The zero-order valence-electron chi connectivity index (χ0n) is 12.4. The molecule has 0 unspecified atom stereocenters. The summed E-state index contributed by atoms with van der Waals surface area (Å²) in [7, 11) is 0. The Morgan fingerprint density at radius 1 is 1.09 bits per heavy atom. The number of fused-ring (bicyclic) bond motifs is 1. The number of aryl methyl sites for hydroxylation is 1. The molecule has 2 heterocycles. The molecule has 2 aliphatic rings. The predicted molar refractivity (Wildman–Crippen MR) is 90.9 cm³/mol. The summed E-state index contributed by atoms with van der Waals surface area (Å²) in [5.41, 5.74) is 3.04. The van der Waals surface area contributed by atoms with Crippen LogP contribution in [0.4, 0.5) is 0 Å². The summed E-state index contributed by atoms with van der Waals surface area (Å²) in [6.07, 6.45) is 1.83. The van der Waals surface area contributed by atoms with Crippen molar-refractivity contribution in [1.82, 2.24) is 0 Å². The SMILES string of the molecule is Cc1ccc(C2=NC(=O)C(=Cc3ccc4c(c3)OCO4)S2)cc1. The number of nitrogens with zero attached hydrogens (tertiary/aromatic N) is 1. The Kier molecular flexibility index (Phi) is 3.42. The van der Waals surface area contributed by atoms with Gasteiger partial charge in [0.05, 0.1) is 4.91 Å². The standard InChI is InChI=1S/C18H13NO3S/c1-11-2-5-13(6-3-11)18-19-17(20)16(23-18)9-12-4-7-14-15(8-12)22-10-21-14/h2-9H,10H2,1H3. The van der Waals surface area contributed by atoms with Crippen LogP contribution in [0.3, 0.4) is 0 Å². The lowest BCUT2D eigenvalue weighted by atomic mass is 10.2. The Morgan fingerprint density at radius 3 is 2.70 bits per heavy atom. The maximum absolute atomic E-state index is 12.1. The van der Waals surface area contributed by atoms with Crippen LogP contribution in [0, 0.1) is 6.92 Å². The number of amides is 1. The van der Waals surface area contributed by atoms with Crippen LogP contribution < -0.4 is 9.47 Å². The Balaban J connectivity index is 1.59. The summed E-state index contributed by atoms with van der Waals surface area (Å²) in [4.78, 5) is 16.9. The second-order valence-corrected chi connectivity index (χ2v) is 6.34. The first-order valence-electron chi connectivity index (χ1n) is 7.18. The highest BCUT2D eigenvalue weighted by molar-refractivity contribution is 8.19. The van der Waals surface area contributed by atoms with Crippen molar-refractivity contribution in [2.75, 3.05) is 6.79 Å². The molecule has 0 aromatic heterocycles. The lowest BCUT2D eigenvalue weighted by Crippen LogP contribution is -1.92. The van der Waals surface area contributed by atoms with Gasteiger partial charge in [0.1, 0.15) is 5.04 Å². The Morgan fingerprint density at radius 2 is 1.87 bits per heavy atom. The summed E-state index contributed by atoms with van der Waals surface area (Å²) in [6, 6.07) is 13.6. The molecule has 0 spiro atoms. The highest BCUT2D eigenvalue weighted by Crippen LogP contribution is 2.36. The minimum absolute atomic E-state index is 0.205. The smallest absolute Gasteiger partial charge is 0.284 e. The number of thioether (sulfide) groups is 1.